The van der Waals surface area contributed by atoms with Crippen LogP contribution in [0.2, 0.25) is 0 Å². The van der Waals surface area contributed by atoms with Gasteiger partial charge in [-0.15, -0.1) is 0 Å². The number of halogens is 1. The van der Waals surface area contributed by atoms with E-state index < -0.39 is 0 Å². The van der Waals surface area contributed by atoms with Crippen molar-refractivity contribution in [3.05, 3.63) is 42.9 Å². The van der Waals surface area contributed by atoms with Gasteiger partial charge < -0.3 is 24.2 Å². The van der Waals surface area contributed by atoms with E-state index in [0.29, 0.717) is 30.5 Å². The molecule has 1 saturated carbocycles. The van der Waals surface area contributed by atoms with Crippen molar-refractivity contribution in [1.29, 1.82) is 0 Å². The summed E-state index contributed by atoms with van der Waals surface area (Å²) < 4.78 is 27.6. The molecule has 1 aliphatic heterocycles. The zero-order valence-electron chi connectivity index (χ0n) is 16.3. The molecule has 0 aromatic carbocycles. The molecule has 1 aliphatic carbocycles. The van der Waals surface area contributed by atoms with Gasteiger partial charge in [-0.05, 0) is 18.9 Å². The Morgan fingerprint density at radius 3 is 2.87 bits per heavy atom. The summed E-state index contributed by atoms with van der Waals surface area (Å²) in [6.45, 7) is 1.37. The van der Waals surface area contributed by atoms with E-state index in [0.717, 1.165) is 42.2 Å². The number of hydrogen-bond donors (Lipinski definition) is 2. The highest BCUT2D eigenvalue weighted by Crippen LogP contribution is 2.36. The Balaban J connectivity index is 1.24. The van der Waals surface area contributed by atoms with E-state index in [2.05, 4.69) is 25.3 Å². The summed E-state index contributed by atoms with van der Waals surface area (Å²) in [6, 6.07) is 1.77. The lowest BCUT2D eigenvalue weighted by Gasteiger charge is -2.35. The summed E-state index contributed by atoms with van der Waals surface area (Å²) in [5.74, 6) is -0.152. The average molecular weight is 408 g/mol. The lowest BCUT2D eigenvalue weighted by molar-refractivity contribution is -0.177. The zero-order valence-corrected chi connectivity index (χ0v) is 16.3. The number of anilines is 1. The predicted octanol–water partition coefficient (Wildman–Crippen LogP) is 3.51. The predicted molar refractivity (Wildman–Crippen MR) is 109 cm³/mol. The molecule has 1 spiro atoms. The number of imidazole rings is 1. The highest BCUT2D eigenvalue weighted by atomic mass is 19.1. The Labute approximate surface area is 171 Å². The van der Waals surface area contributed by atoms with Gasteiger partial charge in [-0.2, -0.15) is 4.98 Å². The number of ether oxygens (including phenoxy) is 2. The lowest BCUT2D eigenvalue weighted by Crippen LogP contribution is -2.39. The lowest BCUT2D eigenvalue weighted by atomic mass is 9.90. The highest BCUT2D eigenvalue weighted by molar-refractivity contribution is 5.93. The summed E-state index contributed by atoms with van der Waals surface area (Å²) in [5.41, 5.74) is 2.61. The van der Waals surface area contributed by atoms with E-state index in [9.17, 15) is 4.39 Å². The number of nitrogens with zero attached hydrogens (tertiary/aromatic N) is 4. The first-order valence-corrected chi connectivity index (χ1v) is 10.2. The van der Waals surface area contributed by atoms with Crippen molar-refractivity contribution in [1.82, 2.24) is 24.3 Å². The summed E-state index contributed by atoms with van der Waals surface area (Å²) in [5, 5.41) is 4.27. The molecule has 2 N–H and O–H groups in total. The molecule has 4 aromatic heterocycles. The van der Waals surface area contributed by atoms with Gasteiger partial charge in [0.2, 0.25) is 5.95 Å². The number of aromatic nitrogens is 5. The maximum Gasteiger partial charge on any atom is 0.224 e. The van der Waals surface area contributed by atoms with Crippen molar-refractivity contribution in [2.75, 3.05) is 18.5 Å². The summed E-state index contributed by atoms with van der Waals surface area (Å²) in [4.78, 5) is 16.3. The van der Waals surface area contributed by atoms with Gasteiger partial charge in [0, 0.05) is 66.4 Å². The van der Waals surface area contributed by atoms with Crippen molar-refractivity contribution < 1.29 is 13.9 Å². The van der Waals surface area contributed by atoms with Crippen LogP contribution in [0.4, 0.5) is 10.3 Å². The second-order valence-corrected chi connectivity index (χ2v) is 7.92. The number of rotatable bonds is 3. The third kappa shape index (κ3) is 2.93. The third-order valence-corrected chi connectivity index (χ3v) is 6.08. The quantitative estimate of drug-likeness (QED) is 0.539. The van der Waals surface area contributed by atoms with Crippen molar-refractivity contribution in [2.24, 2.45) is 0 Å². The van der Waals surface area contributed by atoms with Gasteiger partial charge in [0.1, 0.15) is 5.65 Å². The Bertz CT molecular complexity index is 1220. The van der Waals surface area contributed by atoms with Gasteiger partial charge >= 0.3 is 0 Å². The molecule has 154 valence electrons. The number of fused-ring (bicyclic) bond motifs is 2. The fourth-order valence-corrected chi connectivity index (χ4v) is 4.52. The van der Waals surface area contributed by atoms with Gasteiger partial charge in [0.05, 0.1) is 13.2 Å². The molecule has 9 heteroatoms. The monoisotopic (exact) mass is 408 g/mol. The first kappa shape index (κ1) is 17.8. The molecule has 1 saturated heterocycles. The van der Waals surface area contributed by atoms with Crippen LogP contribution in [0.1, 0.15) is 25.7 Å². The molecule has 4 aromatic rings. The van der Waals surface area contributed by atoms with E-state index in [1.807, 2.05) is 12.4 Å². The minimum Gasteiger partial charge on any atom is -0.351 e. The van der Waals surface area contributed by atoms with Crippen LogP contribution in [-0.2, 0) is 9.47 Å². The minimum absolute atomic E-state index is 0.285. The molecule has 5 heterocycles. The Kier molecular flexibility index (Phi) is 4.00. The van der Waals surface area contributed by atoms with Crippen LogP contribution in [0.5, 0.6) is 0 Å². The number of hydrogen-bond acceptors (Lipinski definition) is 6. The largest absolute Gasteiger partial charge is 0.351 e. The molecular formula is C21H21FN6O2. The number of nitrogens with one attached hydrogen (secondary N) is 2. The standard InChI is InChI=1S/C21H21FN6O2/c22-17-9-13(12-28-6-5-23-19(17)28)15-10-24-18-16(15)11-25-20(27-18)26-14-1-3-21(4-2-14)29-7-8-30-21/h5-6,9-12,14H,1-4,7-8H2,(H2,24,25,26,27). The molecule has 30 heavy (non-hydrogen) atoms. The van der Waals surface area contributed by atoms with Crippen molar-refractivity contribution in [3.63, 3.8) is 0 Å². The normalized spacial score (nSPS) is 19.2. The molecule has 0 atom stereocenters. The average Bonchev–Trinajstić information content (AvgIpc) is 3.49. The molecule has 0 amide bonds. The third-order valence-electron chi connectivity index (χ3n) is 6.08. The van der Waals surface area contributed by atoms with Crippen LogP contribution >= 0.6 is 0 Å². The van der Waals surface area contributed by atoms with Gasteiger partial charge in [0.25, 0.3) is 0 Å². The van der Waals surface area contributed by atoms with E-state index in [4.69, 9.17) is 9.47 Å². The fraction of sp³-hybridized carbons (Fsp3) is 0.381. The van der Waals surface area contributed by atoms with Crippen LogP contribution in [-0.4, -0.2) is 49.4 Å². The summed E-state index contributed by atoms with van der Waals surface area (Å²) in [6.07, 6.45) is 12.4. The van der Waals surface area contributed by atoms with Gasteiger partial charge in [-0.25, -0.2) is 14.4 Å². The van der Waals surface area contributed by atoms with Gasteiger partial charge in [-0.1, -0.05) is 0 Å². The van der Waals surface area contributed by atoms with Crippen LogP contribution < -0.4 is 5.32 Å². The highest BCUT2D eigenvalue weighted by Gasteiger charge is 2.40. The molecule has 2 aliphatic rings. The molecule has 0 radical (unpaired) electrons. The Hall–Kier alpha value is -3.04. The van der Waals surface area contributed by atoms with Crippen molar-refractivity contribution in [3.8, 4) is 11.1 Å². The molecular weight excluding hydrogens is 387 g/mol. The zero-order chi connectivity index (χ0) is 20.1. The first-order valence-electron chi connectivity index (χ1n) is 10.2. The molecule has 0 unspecified atom stereocenters. The number of pyridine rings is 1. The molecule has 8 nitrogen and oxygen atoms in total. The van der Waals surface area contributed by atoms with Crippen LogP contribution in [0.25, 0.3) is 27.8 Å². The second kappa shape index (κ2) is 6.75. The van der Waals surface area contributed by atoms with E-state index >= 15 is 0 Å². The molecule has 0 bridgehead atoms. The van der Waals surface area contributed by atoms with Crippen LogP contribution in [0.15, 0.2) is 37.1 Å². The van der Waals surface area contributed by atoms with Crippen LogP contribution in [0, 0.1) is 5.82 Å². The van der Waals surface area contributed by atoms with Crippen molar-refractivity contribution >= 4 is 22.6 Å². The van der Waals surface area contributed by atoms with Crippen LogP contribution in [0.3, 0.4) is 0 Å². The fourth-order valence-electron chi connectivity index (χ4n) is 4.52. The maximum atomic E-state index is 14.4. The Morgan fingerprint density at radius 2 is 2.03 bits per heavy atom. The molecule has 2 fully saturated rings. The Morgan fingerprint density at radius 1 is 1.20 bits per heavy atom. The second-order valence-electron chi connectivity index (χ2n) is 7.92. The first-order chi connectivity index (χ1) is 14.7. The van der Waals surface area contributed by atoms with E-state index in [-0.39, 0.29) is 17.6 Å². The minimum atomic E-state index is -0.372. The number of aromatic amines is 1. The number of H-pyrrole nitrogens is 1. The maximum absolute atomic E-state index is 14.4. The molecule has 6 rings (SSSR count). The van der Waals surface area contributed by atoms with Gasteiger partial charge in [-0.3, -0.25) is 0 Å². The van der Waals surface area contributed by atoms with E-state index in [1.165, 1.54) is 6.07 Å². The van der Waals surface area contributed by atoms with Crippen molar-refractivity contribution in [2.45, 2.75) is 37.5 Å². The topological polar surface area (TPSA) is 89.4 Å². The summed E-state index contributed by atoms with van der Waals surface area (Å²) in [7, 11) is 0. The summed E-state index contributed by atoms with van der Waals surface area (Å²) >= 11 is 0. The van der Waals surface area contributed by atoms with Gasteiger partial charge in [0.15, 0.2) is 17.3 Å². The van der Waals surface area contributed by atoms with E-state index in [1.54, 1.807) is 23.0 Å². The SMILES string of the molecule is Fc1cc(-c2c[nH]c3nc(NC4CCC5(CC4)OCCO5)ncc23)cn2ccnc12. The smallest absolute Gasteiger partial charge is 0.224 e.